The smallest absolute Gasteiger partial charge is 0.341 e. The molecule has 0 amide bonds. The number of methoxy groups -OCH3 is 1. The average molecular weight is 403 g/mol. The number of thiocarbonyl (C=S) groups is 1. The van der Waals surface area contributed by atoms with Gasteiger partial charge in [0.25, 0.3) is 0 Å². The number of hydrogen-bond donors (Lipinski definition) is 1. The van der Waals surface area contributed by atoms with Crippen molar-refractivity contribution in [2.45, 2.75) is 27.2 Å². The summed E-state index contributed by atoms with van der Waals surface area (Å²) in [4.78, 5) is 15.9. The molecule has 27 heavy (non-hydrogen) atoms. The van der Waals surface area contributed by atoms with E-state index in [1.54, 1.807) is 11.3 Å². The van der Waals surface area contributed by atoms with Crippen molar-refractivity contribution in [3.8, 4) is 11.1 Å². The van der Waals surface area contributed by atoms with E-state index < -0.39 is 0 Å². The number of likely N-dealkylation sites (tertiary alicyclic amines) is 1. The van der Waals surface area contributed by atoms with Gasteiger partial charge in [0.15, 0.2) is 5.11 Å². The second-order valence-corrected chi connectivity index (χ2v) is 8.99. The fraction of sp³-hybridized carbons (Fsp3) is 0.429. The second kappa shape index (κ2) is 8.40. The quantitative estimate of drug-likeness (QED) is 0.566. The Labute approximate surface area is 170 Å². The highest BCUT2D eigenvalue weighted by atomic mass is 32.1. The number of thiophene rings is 1. The number of carbonyl (C=O) groups excluding carboxylic acids is 1. The lowest BCUT2D eigenvalue weighted by atomic mass is 9.92. The summed E-state index contributed by atoms with van der Waals surface area (Å²) >= 11 is 7.23. The van der Waals surface area contributed by atoms with Crippen LogP contribution in [-0.2, 0) is 4.74 Å². The van der Waals surface area contributed by atoms with Crippen LogP contribution in [0.4, 0.5) is 5.00 Å². The van der Waals surface area contributed by atoms with Crippen molar-refractivity contribution in [2.24, 2.45) is 11.8 Å². The zero-order valence-corrected chi connectivity index (χ0v) is 17.9. The lowest BCUT2D eigenvalue weighted by Gasteiger charge is -2.36. The molecule has 4 nitrogen and oxygen atoms in total. The summed E-state index contributed by atoms with van der Waals surface area (Å²) in [5, 5.41) is 4.78. The van der Waals surface area contributed by atoms with Gasteiger partial charge >= 0.3 is 5.97 Å². The van der Waals surface area contributed by atoms with Gasteiger partial charge in [0.05, 0.1) is 7.11 Å². The van der Waals surface area contributed by atoms with Crippen LogP contribution in [0.25, 0.3) is 11.1 Å². The number of piperidine rings is 1. The molecule has 1 aliphatic rings. The van der Waals surface area contributed by atoms with Crippen LogP contribution in [0.2, 0.25) is 0 Å². The molecule has 1 aromatic heterocycles. The zero-order chi connectivity index (χ0) is 19.6. The third kappa shape index (κ3) is 4.33. The summed E-state index contributed by atoms with van der Waals surface area (Å²) in [7, 11) is 1.42. The van der Waals surface area contributed by atoms with Crippen LogP contribution in [0.5, 0.6) is 0 Å². The molecule has 3 rings (SSSR count). The Bertz CT molecular complexity index is 822. The van der Waals surface area contributed by atoms with Crippen LogP contribution in [0.15, 0.2) is 30.3 Å². The Morgan fingerprint density at radius 2 is 1.85 bits per heavy atom. The van der Waals surface area contributed by atoms with Gasteiger partial charge in [-0.15, -0.1) is 11.3 Å². The molecular formula is C21H26N2O2S2. The van der Waals surface area contributed by atoms with E-state index in [2.05, 4.69) is 24.1 Å². The first-order valence-corrected chi connectivity index (χ1v) is 10.5. The fourth-order valence-electron chi connectivity index (χ4n) is 3.89. The zero-order valence-electron chi connectivity index (χ0n) is 16.2. The molecule has 1 N–H and O–H groups in total. The van der Waals surface area contributed by atoms with Crippen molar-refractivity contribution >= 4 is 39.6 Å². The molecule has 144 valence electrons. The van der Waals surface area contributed by atoms with E-state index in [0.29, 0.717) is 22.5 Å². The standard InChI is InChI=1S/C21H26N2O2S2/c1-13-10-14(2)12-23(11-13)21(26)22-19-18(20(24)25-4)17(15(3)27-19)16-8-6-5-7-9-16/h5-9,13-14H,10-12H2,1-4H3,(H,22,26)/t13-,14+. The van der Waals surface area contributed by atoms with E-state index >= 15 is 0 Å². The SMILES string of the molecule is COC(=O)c1c(NC(=S)N2C[C@H](C)C[C@H](C)C2)sc(C)c1-c1ccccc1. The van der Waals surface area contributed by atoms with Crippen molar-refractivity contribution in [2.75, 3.05) is 25.5 Å². The minimum atomic E-state index is -0.344. The molecule has 0 bridgehead atoms. The first-order valence-electron chi connectivity index (χ1n) is 9.23. The van der Waals surface area contributed by atoms with Crippen molar-refractivity contribution in [3.05, 3.63) is 40.8 Å². The molecule has 1 aromatic carbocycles. The van der Waals surface area contributed by atoms with Gasteiger partial charge in [-0.25, -0.2) is 4.79 Å². The van der Waals surface area contributed by atoms with Crippen LogP contribution in [0.1, 0.15) is 35.5 Å². The topological polar surface area (TPSA) is 41.6 Å². The Hall–Kier alpha value is -1.92. The summed E-state index contributed by atoms with van der Waals surface area (Å²) in [6.45, 7) is 8.43. The molecule has 0 radical (unpaired) electrons. The highest BCUT2D eigenvalue weighted by Crippen LogP contribution is 2.40. The number of rotatable bonds is 3. The van der Waals surface area contributed by atoms with Gasteiger partial charge in [-0.2, -0.15) is 0 Å². The highest BCUT2D eigenvalue weighted by Gasteiger charge is 2.27. The van der Waals surface area contributed by atoms with Gasteiger partial charge in [-0.05, 0) is 43.0 Å². The second-order valence-electron chi connectivity index (χ2n) is 7.38. The number of hydrogen-bond acceptors (Lipinski definition) is 4. The summed E-state index contributed by atoms with van der Waals surface area (Å²) < 4.78 is 5.08. The first kappa shape index (κ1) is 19.8. The molecule has 0 aliphatic carbocycles. The molecule has 1 saturated heterocycles. The monoisotopic (exact) mass is 402 g/mol. The highest BCUT2D eigenvalue weighted by molar-refractivity contribution is 7.80. The lowest BCUT2D eigenvalue weighted by Crippen LogP contribution is -2.44. The fourth-order valence-corrected chi connectivity index (χ4v) is 5.27. The molecule has 6 heteroatoms. The molecule has 1 aliphatic heterocycles. The Kier molecular flexibility index (Phi) is 6.17. The number of nitrogens with zero attached hydrogens (tertiary/aromatic N) is 1. The van der Waals surface area contributed by atoms with Crippen LogP contribution < -0.4 is 5.32 Å². The summed E-state index contributed by atoms with van der Waals surface area (Å²) in [5.74, 6) is 0.876. The van der Waals surface area contributed by atoms with Crippen LogP contribution >= 0.6 is 23.6 Å². The predicted octanol–water partition coefficient (Wildman–Crippen LogP) is 5.18. The van der Waals surface area contributed by atoms with Crippen molar-refractivity contribution < 1.29 is 9.53 Å². The summed E-state index contributed by atoms with van der Waals surface area (Å²) in [6, 6.07) is 9.94. The summed E-state index contributed by atoms with van der Waals surface area (Å²) in [6.07, 6.45) is 1.22. The van der Waals surface area contributed by atoms with E-state index in [1.807, 2.05) is 37.3 Å². The van der Waals surface area contributed by atoms with Gasteiger partial charge in [0.2, 0.25) is 0 Å². The molecule has 0 spiro atoms. The number of nitrogens with one attached hydrogen (secondary N) is 1. The van der Waals surface area contributed by atoms with Crippen molar-refractivity contribution in [1.29, 1.82) is 0 Å². The minimum absolute atomic E-state index is 0.344. The van der Waals surface area contributed by atoms with E-state index in [4.69, 9.17) is 17.0 Å². The van der Waals surface area contributed by atoms with Crippen molar-refractivity contribution in [3.63, 3.8) is 0 Å². The number of carbonyl (C=O) groups is 1. The third-order valence-corrected chi connectivity index (χ3v) is 6.29. The van der Waals surface area contributed by atoms with Gasteiger partial charge in [-0.1, -0.05) is 44.2 Å². The van der Waals surface area contributed by atoms with E-state index in [0.717, 1.165) is 34.1 Å². The van der Waals surface area contributed by atoms with Crippen LogP contribution in [0, 0.1) is 18.8 Å². The Morgan fingerprint density at radius 1 is 1.22 bits per heavy atom. The molecule has 1 fully saturated rings. The summed E-state index contributed by atoms with van der Waals surface area (Å²) in [5.41, 5.74) is 2.48. The predicted molar refractivity (Wildman–Crippen MR) is 117 cm³/mol. The molecular weight excluding hydrogens is 376 g/mol. The maximum absolute atomic E-state index is 12.6. The Morgan fingerprint density at radius 3 is 2.44 bits per heavy atom. The number of ether oxygens (including phenoxy) is 1. The molecule has 2 atom stereocenters. The largest absolute Gasteiger partial charge is 0.465 e. The van der Waals surface area contributed by atoms with E-state index in [-0.39, 0.29) is 5.97 Å². The molecule has 2 aromatic rings. The van der Waals surface area contributed by atoms with Gasteiger partial charge in [-0.3, -0.25) is 0 Å². The lowest BCUT2D eigenvalue weighted by molar-refractivity contribution is 0.0603. The normalized spacial score (nSPS) is 19.6. The maximum atomic E-state index is 12.6. The molecule has 0 saturated carbocycles. The van der Waals surface area contributed by atoms with E-state index in [1.165, 1.54) is 13.5 Å². The number of anilines is 1. The number of esters is 1. The van der Waals surface area contributed by atoms with Crippen LogP contribution in [-0.4, -0.2) is 36.2 Å². The van der Waals surface area contributed by atoms with Crippen LogP contribution in [0.3, 0.4) is 0 Å². The van der Waals surface area contributed by atoms with Crippen molar-refractivity contribution in [1.82, 2.24) is 4.90 Å². The van der Waals surface area contributed by atoms with Gasteiger partial charge in [0.1, 0.15) is 10.6 Å². The maximum Gasteiger partial charge on any atom is 0.341 e. The van der Waals surface area contributed by atoms with Gasteiger partial charge < -0.3 is 15.0 Å². The van der Waals surface area contributed by atoms with Gasteiger partial charge in [0, 0.05) is 23.5 Å². The Balaban J connectivity index is 1.94. The third-order valence-electron chi connectivity index (χ3n) is 4.91. The average Bonchev–Trinajstić information content (AvgIpc) is 2.96. The molecule has 0 unspecified atom stereocenters. The number of aryl methyl sites for hydroxylation is 1. The first-order chi connectivity index (χ1) is 12.9. The minimum Gasteiger partial charge on any atom is -0.465 e. The number of benzene rings is 1. The molecule has 2 heterocycles. The van der Waals surface area contributed by atoms with E-state index in [9.17, 15) is 4.79 Å².